The summed E-state index contributed by atoms with van der Waals surface area (Å²) in [7, 11) is 3.54. The zero-order chi connectivity index (χ0) is 22.7. The van der Waals surface area contributed by atoms with Crippen molar-refractivity contribution in [1.82, 2.24) is 19.4 Å². The lowest BCUT2D eigenvalue weighted by Gasteiger charge is -2.17. The summed E-state index contributed by atoms with van der Waals surface area (Å²) in [5.41, 5.74) is 6.76. The second kappa shape index (κ2) is 9.71. The SMILES string of the molecule is Cc1cccc(C)c1-n1c(-c2ccccc2)cnc1SCc1csc(CC(=O)N(C)C)n1. The second-order valence-electron chi connectivity index (χ2n) is 7.85. The lowest BCUT2D eigenvalue weighted by atomic mass is 10.1. The van der Waals surface area contributed by atoms with Gasteiger partial charge in [0.25, 0.3) is 0 Å². The third kappa shape index (κ3) is 4.79. The van der Waals surface area contributed by atoms with E-state index < -0.39 is 0 Å². The van der Waals surface area contributed by atoms with Gasteiger partial charge in [0, 0.05) is 30.8 Å². The number of carbonyl (C=O) groups excluding carboxylic acids is 1. The fourth-order valence-corrected chi connectivity index (χ4v) is 5.31. The summed E-state index contributed by atoms with van der Waals surface area (Å²) in [5.74, 6) is 0.764. The molecule has 0 N–H and O–H groups in total. The van der Waals surface area contributed by atoms with Crippen LogP contribution in [0.2, 0.25) is 0 Å². The van der Waals surface area contributed by atoms with Crippen molar-refractivity contribution in [2.75, 3.05) is 14.1 Å². The largest absolute Gasteiger partial charge is 0.348 e. The number of imidazole rings is 1. The van der Waals surface area contributed by atoms with Crippen molar-refractivity contribution in [2.45, 2.75) is 31.2 Å². The number of thioether (sulfide) groups is 1. The first-order valence-electron chi connectivity index (χ1n) is 10.4. The molecule has 0 aliphatic heterocycles. The van der Waals surface area contributed by atoms with E-state index in [1.54, 1.807) is 30.8 Å². The number of aryl methyl sites for hydroxylation is 2. The highest BCUT2D eigenvalue weighted by molar-refractivity contribution is 7.98. The molecule has 4 aromatic rings. The van der Waals surface area contributed by atoms with Gasteiger partial charge in [-0.2, -0.15) is 0 Å². The Morgan fingerprint density at radius 2 is 1.78 bits per heavy atom. The van der Waals surface area contributed by atoms with Crippen LogP contribution in [-0.2, 0) is 17.0 Å². The Morgan fingerprint density at radius 1 is 1.06 bits per heavy atom. The molecular formula is C25H26N4OS2. The summed E-state index contributed by atoms with van der Waals surface area (Å²) in [5, 5.41) is 3.82. The summed E-state index contributed by atoms with van der Waals surface area (Å²) >= 11 is 3.21. The smallest absolute Gasteiger partial charge is 0.228 e. The van der Waals surface area contributed by atoms with Gasteiger partial charge in [-0.15, -0.1) is 11.3 Å². The second-order valence-corrected chi connectivity index (χ2v) is 9.74. The first-order valence-corrected chi connectivity index (χ1v) is 12.3. The molecule has 0 aliphatic carbocycles. The number of aromatic nitrogens is 3. The molecule has 5 nitrogen and oxygen atoms in total. The molecule has 1 amide bonds. The Balaban J connectivity index is 1.65. The van der Waals surface area contributed by atoms with Crippen LogP contribution >= 0.6 is 23.1 Å². The molecule has 0 atom stereocenters. The van der Waals surface area contributed by atoms with Gasteiger partial charge >= 0.3 is 0 Å². The monoisotopic (exact) mass is 462 g/mol. The Bertz CT molecular complexity index is 1210. The number of hydrogen-bond donors (Lipinski definition) is 0. The van der Waals surface area contributed by atoms with Crippen LogP contribution in [0.25, 0.3) is 16.9 Å². The summed E-state index contributed by atoms with van der Waals surface area (Å²) in [6.07, 6.45) is 2.29. The van der Waals surface area contributed by atoms with E-state index in [-0.39, 0.29) is 5.91 Å². The van der Waals surface area contributed by atoms with E-state index >= 15 is 0 Å². The van der Waals surface area contributed by atoms with E-state index in [4.69, 9.17) is 4.98 Å². The van der Waals surface area contributed by atoms with Gasteiger partial charge in [0.05, 0.1) is 29.7 Å². The molecule has 0 spiro atoms. The minimum absolute atomic E-state index is 0.0663. The third-order valence-corrected chi connectivity index (χ3v) is 7.10. The van der Waals surface area contributed by atoms with Crippen molar-refractivity contribution in [1.29, 1.82) is 0 Å². The normalized spacial score (nSPS) is 11.0. The van der Waals surface area contributed by atoms with Crippen molar-refractivity contribution < 1.29 is 4.79 Å². The maximum Gasteiger partial charge on any atom is 0.228 e. The molecular weight excluding hydrogens is 436 g/mol. The van der Waals surface area contributed by atoms with Crippen LogP contribution in [0.5, 0.6) is 0 Å². The zero-order valence-electron chi connectivity index (χ0n) is 18.7. The number of rotatable bonds is 7. The molecule has 32 heavy (non-hydrogen) atoms. The molecule has 2 aromatic carbocycles. The maximum atomic E-state index is 12.0. The molecule has 0 bridgehead atoms. The average molecular weight is 463 g/mol. The van der Waals surface area contributed by atoms with E-state index in [2.05, 4.69) is 65.9 Å². The van der Waals surface area contributed by atoms with Gasteiger partial charge in [0.1, 0.15) is 5.01 Å². The van der Waals surface area contributed by atoms with E-state index in [1.165, 1.54) is 28.2 Å². The van der Waals surface area contributed by atoms with Gasteiger partial charge in [-0.3, -0.25) is 9.36 Å². The van der Waals surface area contributed by atoms with Gasteiger partial charge < -0.3 is 4.90 Å². The Kier molecular flexibility index (Phi) is 6.77. The number of para-hydroxylation sites is 1. The molecule has 0 fully saturated rings. The molecule has 0 unspecified atom stereocenters. The fourth-order valence-electron chi connectivity index (χ4n) is 3.55. The standard InChI is InChI=1S/C25H26N4OS2/c1-17-9-8-10-18(2)24(17)29-21(19-11-6-5-7-12-19)14-26-25(29)32-16-20-15-31-22(27-20)13-23(30)28(3)4/h5-12,14-15H,13,16H2,1-4H3. The summed E-state index contributed by atoms with van der Waals surface area (Å²) < 4.78 is 2.26. The quantitative estimate of drug-likeness (QED) is 0.339. The first-order chi connectivity index (χ1) is 15.4. The van der Waals surface area contributed by atoms with Crippen LogP contribution in [0.3, 0.4) is 0 Å². The number of nitrogens with zero attached hydrogens (tertiary/aromatic N) is 4. The fraction of sp³-hybridized carbons (Fsp3) is 0.240. The van der Waals surface area contributed by atoms with Crippen LogP contribution in [0.1, 0.15) is 21.8 Å². The summed E-state index contributed by atoms with van der Waals surface area (Å²) in [6.45, 7) is 4.28. The average Bonchev–Trinajstić information content (AvgIpc) is 3.40. The Hall–Kier alpha value is -2.90. The summed E-state index contributed by atoms with van der Waals surface area (Å²) in [4.78, 5) is 23.0. The van der Waals surface area contributed by atoms with E-state index in [9.17, 15) is 4.79 Å². The van der Waals surface area contributed by atoms with Crippen LogP contribution in [0.15, 0.2) is 65.3 Å². The highest BCUT2D eigenvalue weighted by Gasteiger charge is 2.18. The van der Waals surface area contributed by atoms with E-state index in [0.29, 0.717) is 12.2 Å². The van der Waals surface area contributed by atoms with Gasteiger partial charge in [-0.25, -0.2) is 9.97 Å². The van der Waals surface area contributed by atoms with Crippen molar-refractivity contribution >= 4 is 29.0 Å². The van der Waals surface area contributed by atoms with Gasteiger partial charge in [-0.05, 0) is 25.0 Å². The van der Waals surface area contributed by atoms with Gasteiger partial charge in [0.15, 0.2) is 5.16 Å². The van der Waals surface area contributed by atoms with Crippen LogP contribution in [-0.4, -0.2) is 39.4 Å². The predicted octanol–water partition coefficient (Wildman–Crippen LogP) is 5.54. The minimum atomic E-state index is 0.0663. The lowest BCUT2D eigenvalue weighted by molar-refractivity contribution is -0.127. The van der Waals surface area contributed by atoms with E-state index in [1.807, 2.05) is 17.6 Å². The van der Waals surface area contributed by atoms with Crippen LogP contribution in [0, 0.1) is 13.8 Å². The van der Waals surface area contributed by atoms with Crippen LogP contribution in [0.4, 0.5) is 0 Å². The Labute approximate surface area is 197 Å². The molecule has 164 valence electrons. The van der Waals surface area contributed by atoms with Crippen molar-refractivity contribution in [2.24, 2.45) is 0 Å². The van der Waals surface area contributed by atoms with Crippen molar-refractivity contribution in [3.05, 3.63) is 81.9 Å². The molecule has 4 rings (SSSR count). The predicted molar refractivity (Wildman–Crippen MR) is 133 cm³/mol. The molecule has 2 heterocycles. The minimum Gasteiger partial charge on any atom is -0.348 e. The molecule has 2 aromatic heterocycles. The highest BCUT2D eigenvalue weighted by Crippen LogP contribution is 2.34. The number of hydrogen-bond acceptors (Lipinski definition) is 5. The van der Waals surface area contributed by atoms with Gasteiger partial charge in [-0.1, -0.05) is 60.3 Å². The highest BCUT2D eigenvalue weighted by atomic mass is 32.2. The number of thiazole rings is 1. The number of amides is 1. The molecule has 0 radical (unpaired) electrons. The molecule has 0 saturated heterocycles. The molecule has 0 saturated carbocycles. The zero-order valence-corrected chi connectivity index (χ0v) is 20.3. The number of likely N-dealkylation sites (N-methyl/N-ethyl adjacent to an activating group) is 1. The van der Waals surface area contributed by atoms with E-state index in [0.717, 1.165) is 27.1 Å². The lowest BCUT2D eigenvalue weighted by Crippen LogP contribution is -2.23. The van der Waals surface area contributed by atoms with Crippen molar-refractivity contribution in [3.8, 4) is 16.9 Å². The van der Waals surface area contributed by atoms with Crippen molar-refractivity contribution in [3.63, 3.8) is 0 Å². The Morgan fingerprint density at radius 3 is 2.47 bits per heavy atom. The maximum absolute atomic E-state index is 12.0. The first kappa shape index (κ1) is 22.3. The topological polar surface area (TPSA) is 51.0 Å². The van der Waals surface area contributed by atoms with Gasteiger partial charge in [0.2, 0.25) is 5.91 Å². The third-order valence-electron chi connectivity index (χ3n) is 5.21. The molecule has 0 aliphatic rings. The molecule has 7 heteroatoms. The summed E-state index contributed by atoms with van der Waals surface area (Å²) in [6, 6.07) is 16.7. The number of benzene rings is 2. The number of carbonyl (C=O) groups is 1. The van der Waals surface area contributed by atoms with Crippen LogP contribution < -0.4 is 0 Å².